The zero-order chi connectivity index (χ0) is 23.4. The first-order valence-corrected chi connectivity index (χ1v) is 14.2. The Balaban J connectivity index is 1.26. The van der Waals surface area contributed by atoms with Crippen LogP contribution in [0.15, 0.2) is 11.6 Å². The highest BCUT2D eigenvalue weighted by Gasteiger charge is 2.62. The number of carbonyl (C=O) groups is 1. The fourth-order valence-electron chi connectivity index (χ4n) is 9.20. The molecule has 0 bridgehead atoms. The number of aromatic nitrogens is 1. The van der Waals surface area contributed by atoms with Gasteiger partial charge in [-0.05, 0) is 104 Å². The molecule has 4 aliphatic carbocycles. The van der Waals surface area contributed by atoms with Gasteiger partial charge in [0.2, 0.25) is 5.91 Å². The van der Waals surface area contributed by atoms with Gasteiger partial charge in [0.25, 0.3) is 0 Å². The quantitative estimate of drug-likeness (QED) is 0.527. The van der Waals surface area contributed by atoms with E-state index in [1.54, 1.807) is 6.20 Å². The molecule has 4 aliphatic rings. The van der Waals surface area contributed by atoms with Crippen molar-refractivity contribution < 1.29 is 15.0 Å². The maximum Gasteiger partial charge on any atom is 0.226 e. The van der Waals surface area contributed by atoms with Gasteiger partial charge in [0.1, 0.15) is 0 Å². The molecule has 0 unspecified atom stereocenters. The Morgan fingerprint density at radius 1 is 1.15 bits per heavy atom. The number of rotatable bonds is 5. The van der Waals surface area contributed by atoms with Crippen LogP contribution in [0, 0.1) is 46.3 Å². The lowest BCUT2D eigenvalue weighted by Crippen LogP contribution is -2.58. The van der Waals surface area contributed by atoms with Crippen LogP contribution >= 0.6 is 11.3 Å². The molecule has 0 radical (unpaired) electrons. The molecule has 184 valence electrons. The van der Waals surface area contributed by atoms with Gasteiger partial charge in [-0.2, -0.15) is 0 Å². The minimum absolute atomic E-state index is 0.0707. The van der Waals surface area contributed by atoms with E-state index in [4.69, 9.17) is 0 Å². The third-order valence-electron chi connectivity index (χ3n) is 10.9. The topological polar surface area (TPSA) is 82.5 Å². The molecule has 0 saturated heterocycles. The lowest BCUT2D eigenvalue weighted by Gasteiger charge is -2.62. The summed E-state index contributed by atoms with van der Waals surface area (Å²) in [6, 6.07) is 0. The number of aliphatic hydroxyl groups excluding tert-OH is 2. The van der Waals surface area contributed by atoms with Crippen molar-refractivity contribution in [1.82, 2.24) is 4.98 Å². The second-order valence-electron chi connectivity index (χ2n) is 12.4. The number of fused-ring (bicyclic) bond motifs is 5. The van der Waals surface area contributed by atoms with Crippen molar-refractivity contribution in [2.45, 2.75) is 97.2 Å². The van der Waals surface area contributed by atoms with Crippen LogP contribution in [-0.4, -0.2) is 33.3 Å². The van der Waals surface area contributed by atoms with E-state index in [1.165, 1.54) is 37.0 Å². The van der Waals surface area contributed by atoms with Crippen LogP contribution in [0.2, 0.25) is 0 Å². The first-order valence-electron chi connectivity index (χ1n) is 13.3. The Morgan fingerprint density at radius 3 is 2.67 bits per heavy atom. The predicted molar refractivity (Wildman–Crippen MR) is 132 cm³/mol. The summed E-state index contributed by atoms with van der Waals surface area (Å²) in [4.78, 5) is 16.6. The monoisotopic (exact) mass is 474 g/mol. The van der Waals surface area contributed by atoms with Crippen molar-refractivity contribution in [3.63, 3.8) is 0 Å². The molecule has 5 nitrogen and oxygen atoms in total. The summed E-state index contributed by atoms with van der Waals surface area (Å²) < 4.78 is 0. The molecule has 1 aromatic heterocycles. The van der Waals surface area contributed by atoms with E-state index in [1.807, 2.05) is 5.38 Å². The van der Waals surface area contributed by atoms with Crippen molar-refractivity contribution in [1.29, 1.82) is 0 Å². The zero-order valence-electron chi connectivity index (χ0n) is 20.5. The number of amides is 1. The molecular formula is C27H42N2O3S. The second-order valence-corrected chi connectivity index (χ2v) is 13.2. The van der Waals surface area contributed by atoms with E-state index in [-0.39, 0.29) is 28.9 Å². The number of aliphatic hydroxyl groups is 2. The van der Waals surface area contributed by atoms with Gasteiger partial charge >= 0.3 is 0 Å². The number of nitrogens with zero attached hydrogens (tertiary/aromatic N) is 1. The van der Waals surface area contributed by atoms with Crippen LogP contribution in [0.5, 0.6) is 0 Å². The van der Waals surface area contributed by atoms with Crippen molar-refractivity contribution in [2.24, 2.45) is 46.3 Å². The largest absolute Gasteiger partial charge is 0.393 e. The first kappa shape index (κ1) is 23.7. The summed E-state index contributed by atoms with van der Waals surface area (Å²) in [6.07, 6.45) is 11.5. The number of hydrogen-bond donors (Lipinski definition) is 3. The molecule has 6 heteroatoms. The maximum absolute atomic E-state index is 12.4. The van der Waals surface area contributed by atoms with E-state index in [0.717, 1.165) is 32.1 Å². The summed E-state index contributed by atoms with van der Waals surface area (Å²) in [5.74, 6) is 3.26. The fraction of sp³-hybridized carbons (Fsp3) is 0.852. The Morgan fingerprint density at radius 2 is 1.91 bits per heavy atom. The molecule has 1 aromatic rings. The Labute approximate surface area is 202 Å². The fourth-order valence-corrected chi connectivity index (χ4v) is 9.75. The van der Waals surface area contributed by atoms with Gasteiger partial charge in [-0.15, -0.1) is 11.3 Å². The number of hydrogen-bond acceptors (Lipinski definition) is 5. The standard InChI is InChI=1S/C27H42N2O3S/c1-16(4-7-23(32)29-25-28-12-13-33-25)19-5-6-20-24-21(9-11-27(19,20)3)26(2)10-8-18(30)14-17(26)15-22(24)31/h12-13,16-22,24,30-31H,4-11,14-15H2,1-3H3,(H,28,29,32)/t16-,17+,18-,19-,20+,21+,22+,24+,26+,27-/m1/s1. The Bertz CT molecular complexity index is 846. The van der Waals surface area contributed by atoms with E-state index in [0.29, 0.717) is 47.1 Å². The summed E-state index contributed by atoms with van der Waals surface area (Å²) in [7, 11) is 0. The van der Waals surface area contributed by atoms with E-state index < -0.39 is 0 Å². The van der Waals surface area contributed by atoms with Crippen LogP contribution < -0.4 is 5.32 Å². The number of anilines is 1. The van der Waals surface area contributed by atoms with Crippen molar-refractivity contribution in [2.75, 3.05) is 5.32 Å². The van der Waals surface area contributed by atoms with Gasteiger partial charge in [0.15, 0.2) is 5.13 Å². The van der Waals surface area contributed by atoms with Crippen LogP contribution in [-0.2, 0) is 4.79 Å². The van der Waals surface area contributed by atoms with Gasteiger partial charge < -0.3 is 15.5 Å². The molecule has 1 heterocycles. The van der Waals surface area contributed by atoms with Crippen LogP contribution in [0.1, 0.15) is 85.0 Å². The normalized spacial score (nSPS) is 45.5. The first-order chi connectivity index (χ1) is 15.7. The highest BCUT2D eigenvalue weighted by molar-refractivity contribution is 7.13. The summed E-state index contributed by atoms with van der Waals surface area (Å²) in [5.41, 5.74) is 0.548. The number of thiazole rings is 1. The number of nitrogens with one attached hydrogen (secondary N) is 1. The van der Waals surface area contributed by atoms with Crippen LogP contribution in [0.25, 0.3) is 0 Å². The average Bonchev–Trinajstić information content (AvgIpc) is 3.40. The molecule has 4 saturated carbocycles. The minimum Gasteiger partial charge on any atom is -0.393 e. The molecule has 33 heavy (non-hydrogen) atoms. The van der Waals surface area contributed by atoms with Gasteiger partial charge in [0, 0.05) is 18.0 Å². The summed E-state index contributed by atoms with van der Waals surface area (Å²) >= 11 is 1.46. The molecule has 3 N–H and O–H groups in total. The lowest BCUT2D eigenvalue weighted by molar-refractivity contribution is -0.174. The second kappa shape index (κ2) is 8.91. The lowest BCUT2D eigenvalue weighted by atomic mass is 9.43. The molecular weight excluding hydrogens is 432 g/mol. The average molecular weight is 475 g/mol. The number of carbonyl (C=O) groups excluding carboxylic acids is 1. The van der Waals surface area contributed by atoms with Crippen molar-refractivity contribution in [3.8, 4) is 0 Å². The maximum atomic E-state index is 12.4. The van der Waals surface area contributed by atoms with Crippen molar-refractivity contribution >= 4 is 22.4 Å². The van der Waals surface area contributed by atoms with Gasteiger partial charge in [-0.1, -0.05) is 20.8 Å². The molecule has 0 spiro atoms. The summed E-state index contributed by atoms with van der Waals surface area (Å²) in [5, 5.41) is 27.2. The van der Waals surface area contributed by atoms with Gasteiger partial charge in [-0.3, -0.25) is 4.79 Å². The molecule has 0 aliphatic heterocycles. The predicted octanol–water partition coefficient (Wildman–Crippen LogP) is 5.49. The molecule has 0 aromatic carbocycles. The summed E-state index contributed by atoms with van der Waals surface area (Å²) in [6.45, 7) is 7.33. The third kappa shape index (κ3) is 4.08. The Hall–Kier alpha value is -0.980. The highest BCUT2D eigenvalue weighted by Crippen LogP contribution is 2.68. The van der Waals surface area contributed by atoms with Crippen LogP contribution in [0.3, 0.4) is 0 Å². The smallest absolute Gasteiger partial charge is 0.226 e. The molecule has 4 fully saturated rings. The molecule has 5 rings (SSSR count). The van der Waals surface area contributed by atoms with E-state index in [9.17, 15) is 15.0 Å². The van der Waals surface area contributed by atoms with E-state index in [2.05, 4.69) is 31.1 Å². The van der Waals surface area contributed by atoms with E-state index >= 15 is 0 Å². The minimum atomic E-state index is -0.221. The van der Waals surface area contributed by atoms with Gasteiger partial charge in [-0.25, -0.2) is 4.98 Å². The highest BCUT2D eigenvalue weighted by atomic mass is 32.1. The zero-order valence-corrected chi connectivity index (χ0v) is 21.3. The molecule has 10 atom stereocenters. The van der Waals surface area contributed by atoms with Gasteiger partial charge in [0.05, 0.1) is 12.2 Å². The Kier molecular flexibility index (Phi) is 6.41. The SMILES string of the molecule is C[C@H](CCC(=O)Nc1nccs1)[C@H]1CC[C@H]2[C@@H]3[C@@H](O)C[C@@H]4C[C@H](O)CC[C@]4(C)[C@H]3CC[C@]12C. The van der Waals surface area contributed by atoms with Crippen molar-refractivity contribution in [3.05, 3.63) is 11.6 Å². The van der Waals surface area contributed by atoms with Crippen LogP contribution in [0.4, 0.5) is 5.13 Å². The molecule has 1 amide bonds. The third-order valence-corrected chi connectivity index (χ3v) is 11.6.